The normalized spacial score (nSPS) is 17.9. The number of halogens is 1. The highest BCUT2D eigenvalue weighted by molar-refractivity contribution is 8.03. The van der Waals surface area contributed by atoms with E-state index in [1.54, 1.807) is 18.2 Å². The number of methoxy groups -OCH3 is 1. The third-order valence-electron chi connectivity index (χ3n) is 4.87. The molecule has 32 heavy (non-hydrogen) atoms. The van der Waals surface area contributed by atoms with Gasteiger partial charge in [-0.1, -0.05) is 42.1 Å². The summed E-state index contributed by atoms with van der Waals surface area (Å²) >= 11 is 0.930. The van der Waals surface area contributed by atoms with Crippen molar-refractivity contribution >= 4 is 35.2 Å². The molecule has 2 aromatic carbocycles. The predicted molar refractivity (Wildman–Crippen MR) is 118 cm³/mol. The van der Waals surface area contributed by atoms with E-state index in [1.807, 2.05) is 25.1 Å². The Balaban J connectivity index is 1.91. The number of esters is 1. The molecule has 0 saturated heterocycles. The van der Waals surface area contributed by atoms with Gasteiger partial charge in [-0.15, -0.1) is 0 Å². The van der Waals surface area contributed by atoms with Crippen molar-refractivity contribution in [1.29, 1.82) is 5.26 Å². The summed E-state index contributed by atoms with van der Waals surface area (Å²) in [5.74, 6) is -5.34. The van der Waals surface area contributed by atoms with Crippen molar-refractivity contribution in [2.75, 3.05) is 18.2 Å². The Morgan fingerprint density at radius 1 is 1.25 bits per heavy atom. The summed E-state index contributed by atoms with van der Waals surface area (Å²) in [5.41, 5.74) is 1.61. The lowest BCUT2D eigenvalue weighted by Gasteiger charge is -2.31. The highest BCUT2D eigenvalue weighted by atomic mass is 32.2. The number of allylic oxidation sites excluding steroid dienone is 1. The van der Waals surface area contributed by atoms with Gasteiger partial charge in [0.1, 0.15) is 11.7 Å². The first-order valence-corrected chi connectivity index (χ1v) is 10.6. The van der Waals surface area contributed by atoms with Crippen LogP contribution in [0.25, 0.3) is 0 Å². The maximum atomic E-state index is 14.6. The van der Waals surface area contributed by atoms with Crippen molar-refractivity contribution in [3.63, 3.8) is 0 Å². The number of aryl methyl sites for hydroxylation is 1. The molecule has 0 spiro atoms. The summed E-state index contributed by atoms with van der Waals surface area (Å²) in [7, 11) is 1.11. The van der Waals surface area contributed by atoms with Crippen LogP contribution < -0.4 is 10.6 Å². The zero-order chi connectivity index (χ0) is 23.3. The zero-order valence-corrected chi connectivity index (χ0v) is 18.2. The van der Waals surface area contributed by atoms with Crippen LogP contribution in [0.4, 0.5) is 10.1 Å². The molecule has 0 saturated carbocycles. The molecule has 2 N–H and O–H groups in total. The van der Waals surface area contributed by atoms with Gasteiger partial charge in [0.25, 0.3) is 0 Å². The molecule has 0 fully saturated rings. The van der Waals surface area contributed by atoms with Crippen molar-refractivity contribution < 1.29 is 23.5 Å². The van der Waals surface area contributed by atoms with Crippen LogP contribution in [0.3, 0.4) is 0 Å². The van der Waals surface area contributed by atoms with Gasteiger partial charge in [0, 0.05) is 11.6 Å². The van der Waals surface area contributed by atoms with Gasteiger partial charge in [-0.3, -0.25) is 14.4 Å². The van der Waals surface area contributed by atoms with Gasteiger partial charge in [-0.25, -0.2) is 4.39 Å². The average molecular weight is 453 g/mol. The molecular formula is C23H20FN3O4S. The fraction of sp³-hybridized carbons (Fsp3) is 0.217. The molecule has 164 valence electrons. The lowest BCUT2D eigenvalue weighted by Crippen LogP contribution is -2.44. The van der Waals surface area contributed by atoms with Gasteiger partial charge in [0.2, 0.25) is 11.8 Å². The monoisotopic (exact) mass is 453 g/mol. The number of amides is 2. The first-order valence-electron chi connectivity index (χ1n) is 9.62. The smallest absolute Gasteiger partial charge is 0.319 e. The number of nitriles is 1. The predicted octanol–water partition coefficient (Wildman–Crippen LogP) is 3.24. The molecule has 0 aliphatic carbocycles. The highest BCUT2D eigenvalue weighted by Crippen LogP contribution is 2.41. The summed E-state index contributed by atoms with van der Waals surface area (Å²) in [4.78, 5) is 37.5. The van der Waals surface area contributed by atoms with E-state index in [1.165, 1.54) is 18.2 Å². The summed E-state index contributed by atoms with van der Waals surface area (Å²) < 4.78 is 19.3. The van der Waals surface area contributed by atoms with E-state index in [4.69, 9.17) is 4.74 Å². The molecule has 2 atom stereocenters. The number of carbonyl (C=O) groups is 3. The van der Waals surface area contributed by atoms with Crippen LogP contribution in [0.2, 0.25) is 0 Å². The molecule has 0 radical (unpaired) electrons. The number of ether oxygens (including phenoxy) is 1. The van der Waals surface area contributed by atoms with Gasteiger partial charge < -0.3 is 15.4 Å². The van der Waals surface area contributed by atoms with Gasteiger partial charge in [0.05, 0.1) is 29.5 Å². The van der Waals surface area contributed by atoms with E-state index in [2.05, 4.69) is 10.6 Å². The third-order valence-corrected chi connectivity index (χ3v) is 5.89. The minimum absolute atomic E-state index is 0.0153. The number of rotatable bonds is 6. The standard InChI is InChI=1S/C23H20FN3O4S/c1-13-6-5-7-14(10-13)26-18(28)12-32-22-16(11-25)19(15-8-3-4-9-17(15)24)20(21(29)27-22)23(30)31-2/h3-10,19-20H,12H2,1-2H3,(H,26,28)(H,27,29). The molecule has 0 aromatic heterocycles. The van der Waals surface area contributed by atoms with E-state index < -0.39 is 29.5 Å². The zero-order valence-electron chi connectivity index (χ0n) is 17.3. The molecule has 7 nitrogen and oxygen atoms in total. The van der Waals surface area contributed by atoms with Crippen LogP contribution in [0.5, 0.6) is 0 Å². The first-order chi connectivity index (χ1) is 15.3. The second-order valence-electron chi connectivity index (χ2n) is 7.05. The van der Waals surface area contributed by atoms with Crippen LogP contribution in [0.15, 0.2) is 59.1 Å². The van der Waals surface area contributed by atoms with E-state index in [-0.39, 0.29) is 27.8 Å². The molecule has 1 heterocycles. The Kier molecular flexibility index (Phi) is 7.28. The molecule has 1 aliphatic heterocycles. The average Bonchev–Trinajstić information content (AvgIpc) is 2.77. The molecule has 9 heteroatoms. The summed E-state index contributed by atoms with van der Waals surface area (Å²) in [6.45, 7) is 1.90. The SMILES string of the molecule is COC(=O)C1C(=O)NC(SCC(=O)Nc2cccc(C)c2)=C(C#N)C1c1ccccc1F. The fourth-order valence-corrected chi connectivity index (χ4v) is 4.29. The Hall–Kier alpha value is -3.64. The largest absolute Gasteiger partial charge is 0.468 e. The van der Waals surface area contributed by atoms with Crippen LogP contribution in [0, 0.1) is 30.0 Å². The third kappa shape index (κ3) is 4.98. The van der Waals surface area contributed by atoms with E-state index in [0.29, 0.717) is 5.69 Å². The molecule has 2 aromatic rings. The van der Waals surface area contributed by atoms with Crippen LogP contribution in [0.1, 0.15) is 17.0 Å². The van der Waals surface area contributed by atoms with E-state index >= 15 is 0 Å². The Bertz CT molecular complexity index is 1140. The highest BCUT2D eigenvalue weighted by Gasteiger charge is 2.45. The number of nitrogens with one attached hydrogen (secondary N) is 2. The van der Waals surface area contributed by atoms with E-state index in [9.17, 15) is 24.0 Å². The maximum Gasteiger partial charge on any atom is 0.319 e. The topological polar surface area (TPSA) is 108 Å². The Morgan fingerprint density at radius 3 is 2.66 bits per heavy atom. The van der Waals surface area contributed by atoms with Gasteiger partial charge in [-0.05, 0) is 36.2 Å². The molecule has 3 rings (SSSR count). The van der Waals surface area contributed by atoms with Gasteiger partial charge in [0.15, 0.2) is 0 Å². The summed E-state index contributed by atoms with van der Waals surface area (Å²) in [6, 6.07) is 14.9. The van der Waals surface area contributed by atoms with Crippen molar-refractivity contribution in [3.05, 3.63) is 76.1 Å². The number of thioether (sulfide) groups is 1. The number of hydrogen-bond acceptors (Lipinski definition) is 6. The van der Waals surface area contributed by atoms with E-state index in [0.717, 1.165) is 24.4 Å². The van der Waals surface area contributed by atoms with Crippen LogP contribution in [-0.2, 0) is 19.1 Å². The molecule has 2 unspecified atom stereocenters. The van der Waals surface area contributed by atoms with Crippen molar-refractivity contribution in [2.45, 2.75) is 12.8 Å². The number of benzene rings is 2. The molecular weight excluding hydrogens is 433 g/mol. The second kappa shape index (κ2) is 10.1. The lowest BCUT2D eigenvalue weighted by molar-refractivity contribution is -0.150. The van der Waals surface area contributed by atoms with Gasteiger partial charge >= 0.3 is 5.97 Å². The number of nitrogens with zero attached hydrogens (tertiary/aromatic N) is 1. The number of carbonyl (C=O) groups excluding carboxylic acids is 3. The van der Waals surface area contributed by atoms with Crippen molar-refractivity contribution in [1.82, 2.24) is 5.32 Å². The minimum atomic E-state index is -1.43. The minimum Gasteiger partial charge on any atom is -0.468 e. The quantitative estimate of drug-likeness (QED) is 0.514. The second-order valence-corrected chi connectivity index (χ2v) is 8.04. The van der Waals surface area contributed by atoms with Crippen LogP contribution in [-0.4, -0.2) is 30.6 Å². The molecule has 1 aliphatic rings. The maximum absolute atomic E-state index is 14.6. The first kappa shape index (κ1) is 23.0. The fourth-order valence-electron chi connectivity index (χ4n) is 3.44. The molecule has 0 bridgehead atoms. The number of hydrogen-bond donors (Lipinski definition) is 2. The lowest BCUT2D eigenvalue weighted by atomic mass is 9.78. The Labute approximate surface area is 188 Å². The number of anilines is 1. The van der Waals surface area contributed by atoms with Crippen LogP contribution >= 0.6 is 11.8 Å². The Morgan fingerprint density at radius 2 is 2.00 bits per heavy atom. The summed E-state index contributed by atoms with van der Waals surface area (Å²) in [5, 5.41) is 15.2. The van der Waals surface area contributed by atoms with Crippen molar-refractivity contribution in [3.8, 4) is 6.07 Å². The molecule has 2 amide bonds. The van der Waals surface area contributed by atoms with Gasteiger partial charge in [-0.2, -0.15) is 5.26 Å². The van der Waals surface area contributed by atoms with Crippen molar-refractivity contribution in [2.24, 2.45) is 5.92 Å². The summed E-state index contributed by atoms with van der Waals surface area (Å²) in [6.07, 6.45) is 0.